The Hall–Kier alpha value is -1.29. The van der Waals surface area contributed by atoms with E-state index in [1.165, 1.54) is 0 Å². The Bertz CT molecular complexity index is 568. The van der Waals surface area contributed by atoms with Crippen molar-refractivity contribution in [1.82, 2.24) is 10.3 Å². The van der Waals surface area contributed by atoms with E-state index in [0.29, 0.717) is 34.3 Å². The van der Waals surface area contributed by atoms with Crippen LogP contribution in [0.25, 0.3) is 0 Å². The van der Waals surface area contributed by atoms with Crippen LogP contribution in [0, 0.1) is 0 Å². The molecule has 0 unspecified atom stereocenters. The van der Waals surface area contributed by atoms with E-state index in [1.54, 1.807) is 24.3 Å². The molecular weight excluding hydrogens is 295 g/mol. The number of hydrogen-bond acceptors (Lipinski definition) is 3. The van der Waals surface area contributed by atoms with Crippen molar-refractivity contribution in [3.05, 3.63) is 52.1 Å². The molecule has 0 aliphatic heterocycles. The lowest BCUT2D eigenvalue weighted by molar-refractivity contribution is 0.458. The molecule has 2 rings (SSSR count). The molecule has 0 aliphatic rings. The number of aromatic nitrogens is 1. The summed E-state index contributed by atoms with van der Waals surface area (Å²) in [5.41, 5.74) is 0.921. The van der Waals surface area contributed by atoms with Crippen molar-refractivity contribution in [3.63, 3.8) is 0 Å². The zero-order chi connectivity index (χ0) is 14.5. The number of halogens is 2. The average molecular weight is 311 g/mol. The topological polar surface area (TPSA) is 34.1 Å². The van der Waals surface area contributed by atoms with E-state index in [-0.39, 0.29) is 0 Å². The molecule has 106 valence electrons. The third-order valence-corrected chi connectivity index (χ3v) is 2.97. The second kappa shape index (κ2) is 6.93. The van der Waals surface area contributed by atoms with Gasteiger partial charge in [-0.3, -0.25) is 0 Å². The maximum absolute atomic E-state index is 5.94. The standard InChI is InChI=1S/C15H16Cl2N2O/c1-10(2)18-9-13-4-3-5-15(19-13)20-14-7-11(16)6-12(17)8-14/h3-8,10,18H,9H2,1-2H3. The van der Waals surface area contributed by atoms with Crippen molar-refractivity contribution in [2.45, 2.75) is 26.4 Å². The van der Waals surface area contributed by atoms with Crippen LogP contribution in [0.1, 0.15) is 19.5 Å². The van der Waals surface area contributed by atoms with Crippen LogP contribution >= 0.6 is 23.2 Å². The van der Waals surface area contributed by atoms with Crippen LogP contribution in [0.3, 0.4) is 0 Å². The molecule has 0 atom stereocenters. The number of rotatable bonds is 5. The smallest absolute Gasteiger partial charge is 0.219 e. The van der Waals surface area contributed by atoms with Gasteiger partial charge >= 0.3 is 0 Å². The summed E-state index contributed by atoms with van der Waals surface area (Å²) in [5.74, 6) is 1.09. The van der Waals surface area contributed by atoms with Crippen molar-refractivity contribution in [2.24, 2.45) is 0 Å². The molecule has 3 nitrogen and oxygen atoms in total. The molecule has 0 fully saturated rings. The van der Waals surface area contributed by atoms with Gasteiger partial charge in [0.1, 0.15) is 5.75 Å². The van der Waals surface area contributed by atoms with Crippen LogP contribution in [0.4, 0.5) is 0 Å². The quantitative estimate of drug-likeness (QED) is 0.870. The van der Waals surface area contributed by atoms with E-state index in [4.69, 9.17) is 27.9 Å². The fraction of sp³-hybridized carbons (Fsp3) is 0.267. The Balaban J connectivity index is 2.11. The minimum absolute atomic E-state index is 0.410. The first kappa shape index (κ1) is 15.1. The molecule has 0 spiro atoms. The Labute approximate surface area is 128 Å². The first-order valence-electron chi connectivity index (χ1n) is 6.36. The fourth-order valence-electron chi connectivity index (χ4n) is 1.63. The van der Waals surface area contributed by atoms with Crippen molar-refractivity contribution in [3.8, 4) is 11.6 Å². The molecule has 0 radical (unpaired) electrons. The van der Waals surface area contributed by atoms with Crippen molar-refractivity contribution < 1.29 is 4.74 Å². The van der Waals surface area contributed by atoms with Crippen LogP contribution in [0.5, 0.6) is 11.6 Å². The predicted molar refractivity (Wildman–Crippen MR) is 82.7 cm³/mol. The van der Waals surface area contributed by atoms with Gasteiger partial charge in [-0.25, -0.2) is 4.98 Å². The van der Waals surface area contributed by atoms with Crippen LogP contribution in [0.15, 0.2) is 36.4 Å². The van der Waals surface area contributed by atoms with E-state index in [9.17, 15) is 0 Å². The third-order valence-electron chi connectivity index (χ3n) is 2.53. The maximum Gasteiger partial charge on any atom is 0.219 e. The molecule has 5 heteroatoms. The van der Waals surface area contributed by atoms with Crippen molar-refractivity contribution in [2.75, 3.05) is 0 Å². The zero-order valence-corrected chi connectivity index (χ0v) is 12.9. The van der Waals surface area contributed by atoms with E-state index >= 15 is 0 Å². The van der Waals surface area contributed by atoms with Gasteiger partial charge in [0.15, 0.2) is 0 Å². The van der Waals surface area contributed by atoms with Crippen LogP contribution < -0.4 is 10.1 Å². The molecule has 1 aromatic heterocycles. The molecule has 1 N–H and O–H groups in total. The number of nitrogens with zero attached hydrogens (tertiary/aromatic N) is 1. The molecular formula is C15H16Cl2N2O. The molecule has 0 amide bonds. The summed E-state index contributed by atoms with van der Waals surface area (Å²) >= 11 is 11.9. The van der Waals surface area contributed by atoms with E-state index in [1.807, 2.05) is 12.1 Å². The molecule has 0 bridgehead atoms. The summed E-state index contributed by atoms with van der Waals surface area (Å²) in [4.78, 5) is 4.43. The molecule has 2 aromatic rings. The third kappa shape index (κ3) is 4.67. The van der Waals surface area contributed by atoms with Crippen LogP contribution in [-0.2, 0) is 6.54 Å². The molecule has 0 saturated carbocycles. The zero-order valence-electron chi connectivity index (χ0n) is 11.4. The maximum atomic E-state index is 5.94. The molecule has 0 saturated heterocycles. The highest BCUT2D eigenvalue weighted by Gasteiger charge is 2.04. The summed E-state index contributed by atoms with van der Waals surface area (Å²) in [6.45, 7) is 4.88. The van der Waals surface area contributed by atoms with Gasteiger partial charge in [0.2, 0.25) is 5.88 Å². The summed E-state index contributed by atoms with van der Waals surface area (Å²) in [5, 5.41) is 4.38. The number of ether oxygens (including phenoxy) is 1. The van der Waals surface area contributed by atoms with E-state index in [0.717, 1.165) is 5.69 Å². The van der Waals surface area contributed by atoms with Gasteiger partial charge in [0, 0.05) is 28.7 Å². The van der Waals surface area contributed by atoms with Gasteiger partial charge in [-0.1, -0.05) is 43.1 Å². The van der Waals surface area contributed by atoms with Crippen LogP contribution in [-0.4, -0.2) is 11.0 Å². The highest BCUT2D eigenvalue weighted by Crippen LogP contribution is 2.27. The summed E-state index contributed by atoms with van der Waals surface area (Å²) in [7, 11) is 0. The lowest BCUT2D eigenvalue weighted by Crippen LogP contribution is -2.22. The predicted octanol–water partition coefficient (Wildman–Crippen LogP) is 4.68. The summed E-state index contributed by atoms with van der Waals surface area (Å²) in [6.07, 6.45) is 0. The molecule has 20 heavy (non-hydrogen) atoms. The SMILES string of the molecule is CC(C)NCc1cccc(Oc2cc(Cl)cc(Cl)c2)n1. The minimum atomic E-state index is 0.410. The Morgan fingerprint density at radius 1 is 1.15 bits per heavy atom. The highest BCUT2D eigenvalue weighted by molar-refractivity contribution is 6.34. The van der Waals surface area contributed by atoms with E-state index < -0.39 is 0 Å². The van der Waals surface area contributed by atoms with Gasteiger partial charge in [-0.2, -0.15) is 0 Å². The first-order valence-corrected chi connectivity index (χ1v) is 7.12. The first-order chi connectivity index (χ1) is 9.52. The number of benzene rings is 1. The van der Waals surface area contributed by atoms with Gasteiger partial charge in [0.25, 0.3) is 0 Å². The summed E-state index contributed by atoms with van der Waals surface area (Å²) in [6, 6.07) is 11.1. The molecule has 1 heterocycles. The van der Waals surface area contributed by atoms with Crippen LogP contribution in [0.2, 0.25) is 10.0 Å². The Morgan fingerprint density at radius 3 is 2.50 bits per heavy atom. The number of hydrogen-bond donors (Lipinski definition) is 1. The number of nitrogens with one attached hydrogen (secondary N) is 1. The Kier molecular flexibility index (Phi) is 5.24. The average Bonchev–Trinajstić information content (AvgIpc) is 2.35. The Morgan fingerprint density at radius 2 is 1.85 bits per heavy atom. The highest BCUT2D eigenvalue weighted by atomic mass is 35.5. The van der Waals surface area contributed by atoms with Gasteiger partial charge in [-0.05, 0) is 24.3 Å². The van der Waals surface area contributed by atoms with Gasteiger partial charge in [0.05, 0.1) is 5.69 Å². The largest absolute Gasteiger partial charge is 0.439 e. The lowest BCUT2D eigenvalue weighted by atomic mass is 10.3. The van der Waals surface area contributed by atoms with Gasteiger partial charge in [-0.15, -0.1) is 0 Å². The van der Waals surface area contributed by atoms with Crippen molar-refractivity contribution in [1.29, 1.82) is 0 Å². The second-order valence-electron chi connectivity index (χ2n) is 4.71. The van der Waals surface area contributed by atoms with Gasteiger partial charge < -0.3 is 10.1 Å². The van der Waals surface area contributed by atoms with Crippen molar-refractivity contribution >= 4 is 23.2 Å². The molecule has 1 aromatic carbocycles. The number of pyridine rings is 1. The summed E-state index contributed by atoms with van der Waals surface area (Å²) < 4.78 is 5.68. The monoisotopic (exact) mass is 310 g/mol. The molecule has 0 aliphatic carbocycles. The second-order valence-corrected chi connectivity index (χ2v) is 5.58. The minimum Gasteiger partial charge on any atom is -0.439 e. The fourth-order valence-corrected chi connectivity index (χ4v) is 2.14. The lowest BCUT2D eigenvalue weighted by Gasteiger charge is -2.09. The normalized spacial score (nSPS) is 10.8. The van der Waals surface area contributed by atoms with E-state index in [2.05, 4.69) is 24.1 Å².